The Morgan fingerprint density at radius 2 is 1.00 bits per heavy atom. The van der Waals surface area contributed by atoms with Gasteiger partial charge in [0.25, 0.3) is 19.0 Å². The van der Waals surface area contributed by atoms with Crippen LogP contribution in [0.4, 0.5) is 11.4 Å². The van der Waals surface area contributed by atoms with E-state index in [-0.39, 0.29) is 22.8 Å². The van der Waals surface area contributed by atoms with E-state index in [1.807, 2.05) is 0 Å². The van der Waals surface area contributed by atoms with Gasteiger partial charge < -0.3 is 9.13 Å². The number of rotatable bonds is 12. The Kier molecular flexibility index (Phi) is 10.3. The molecule has 2 aromatic rings. The molecule has 192 valence electrons. The Hall–Kier alpha value is -1.56. The largest absolute Gasteiger partial charge is 0.339 e. The summed E-state index contributed by atoms with van der Waals surface area (Å²) in [5.74, 6) is -1.73. The van der Waals surface area contributed by atoms with Gasteiger partial charge in [0, 0.05) is 25.2 Å². The standard InChI is InChI=1S/C19H18Cl6N4O6/c20-18(21,22)16(30)14-8-12(28(32)33)10-26(14)6-4-2-1-3-5-7-27-11-13(29(34)35)9-15(27)17(31)19(23,24)25/h8-11H,1-7H2. The number of aromatic nitrogens is 2. The molecule has 0 spiro atoms. The molecular formula is C19H18Cl6N4O6. The maximum Gasteiger partial charge on any atom is 0.287 e. The Labute approximate surface area is 229 Å². The van der Waals surface area contributed by atoms with Gasteiger partial charge in [-0.2, -0.15) is 0 Å². The van der Waals surface area contributed by atoms with Gasteiger partial charge in [0.15, 0.2) is 0 Å². The summed E-state index contributed by atoms with van der Waals surface area (Å²) < 4.78 is -1.71. The molecule has 0 atom stereocenters. The number of aryl methyl sites for hydroxylation is 2. The molecule has 2 rings (SSSR count). The molecule has 0 amide bonds. The van der Waals surface area contributed by atoms with Crippen molar-refractivity contribution in [3.8, 4) is 0 Å². The van der Waals surface area contributed by atoms with Crippen LogP contribution in [0.25, 0.3) is 0 Å². The topological polar surface area (TPSA) is 130 Å². The molecule has 2 heterocycles. The van der Waals surface area contributed by atoms with Crippen molar-refractivity contribution in [2.75, 3.05) is 0 Å². The first kappa shape index (κ1) is 29.7. The average molecular weight is 611 g/mol. The average Bonchev–Trinajstić information content (AvgIpc) is 3.35. The van der Waals surface area contributed by atoms with Crippen molar-refractivity contribution >= 4 is 92.5 Å². The van der Waals surface area contributed by atoms with Crippen LogP contribution in [0.3, 0.4) is 0 Å². The van der Waals surface area contributed by atoms with Crippen molar-refractivity contribution in [3.05, 3.63) is 56.1 Å². The molecule has 0 fully saturated rings. The number of ketones is 2. The number of carbonyl (C=O) groups is 2. The number of halogens is 6. The third-order valence-corrected chi connectivity index (χ3v) is 5.99. The second kappa shape index (κ2) is 12.1. The van der Waals surface area contributed by atoms with Gasteiger partial charge in [-0.25, -0.2) is 0 Å². The van der Waals surface area contributed by atoms with Crippen LogP contribution in [-0.2, 0) is 13.1 Å². The summed E-state index contributed by atoms with van der Waals surface area (Å²) >= 11 is 33.8. The number of unbranched alkanes of at least 4 members (excludes halogenated alkanes) is 4. The summed E-state index contributed by atoms with van der Waals surface area (Å²) in [7, 11) is 0. The number of nitrogens with zero attached hydrogens (tertiary/aromatic N) is 4. The lowest BCUT2D eigenvalue weighted by Crippen LogP contribution is -2.22. The van der Waals surface area contributed by atoms with Gasteiger partial charge in [-0.1, -0.05) is 88.9 Å². The molecule has 0 unspecified atom stereocenters. The van der Waals surface area contributed by atoms with E-state index in [4.69, 9.17) is 69.6 Å². The first-order valence-corrected chi connectivity index (χ1v) is 12.3. The quantitative estimate of drug-likeness (QED) is 0.0848. The van der Waals surface area contributed by atoms with E-state index in [0.717, 1.165) is 18.6 Å². The van der Waals surface area contributed by atoms with E-state index in [2.05, 4.69) is 0 Å². The maximum atomic E-state index is 12.3. The minimum atomic E-state index is -2.24. The van der Waals surface area contributed by atoms with Crippen LogP contribution >= 0.6 is 69.6 Å². The van der Waals surface area contributed by atoms with Crippen LogP contribution in [0.15, 0.2) is 24.5 Å². The lowest BCUT2D eigenvalue weighted by Gasteiger charge is -2.13. The highest BCUT2D eigenvalue weighted by atomic mass is 35.6. The molecule has 0 bridgehead atoms. The molecule has 0 aliphatic heterocycles. The van der Waals surface area contributed by atoms with Crippen molar-refractivity contribution in [2.45, 2.75) is 52.8 Å². The molecule has 35 heavy (non-hydrogen) atoms. The molecule has 0 aromatic carbocycles. The van der Waals surface area contributed by atoms with Gasteiger partial charge in [-0.3, -0.25) is 29.8 Å². The Morgan fingerprint density at radius 1 is 0.686 bits per heavy atom. The van der Waals surface area contributed by atoms with Crippen LogP contribution < -0.4 is 0 Å². The zero-order valence-electron chi connectivity index (χ0n) is 17.8. The zero-order chi connectivity index (χ0) is 26.6. The van der Waals surface area contributed by atoms with E-state index in [0.29, 0.717) is 38.8 Å². The Bertz CT molecular complexity index is 1030. The van der Waals surface area contributed by atoms with E-state index >= 15 is 0 Å². The number of hydrogen-bond acceptors (Lipinski definition) is 6. The van der Waals surface area contributed by atoms with Crippen molar-refractivity contribution in [1.29, 1.82) is 0 Å². The number of Topliss-reactive ketones (excluding diaryl/α,β-unsaturated/α-hetero) is 2. The predicted molar refractivity (Wildman–Crippen MR) is 134 cm³/mol. The monoisotopic (exact) mass is 608 g/mol. The molecule has 16 heteroatoms. The fourth-order valence-corrected chi connectivity index (χ4v) is 3.91. The van der Waals surface area contributed by atoms with E-state index in [1.165, 1.54) is 21.5 Å². The third kappa shape index (κ3) is 8.23. The maximum absolute atomic E-state index is 12.3. The Morgan fingerprint density at radius 3 is 1.29 bits per heavy atom. The summed E-state index contributed by atoms with van der Waals surface area (Å²) in [6, 6.07) is 2.13. The second-order valence-corrected chi connectivity index (χ2v) is 12.1. The number of carbonyl (C=O) groups excluding carboxylic acids is 2. The van der Waals surface area contributed by atoms with Gasteiger partial charge in [0.1, 0.15) is 0 Å². The van der Waals surface area contributed by atoms with E-state index < -0.39 is 29.0 Å². The fourth-order valence-electron chi connectivity index (χ4n) is 3.33. The minimum absolute atomic E-state index is 0.0722. The lowest BCUT2D eigenvalue weighted by atomic mass is 10.1. The molecule has 0 aliphatic carbocycles. The van der Waals surface area contributed by atoms with Crippen molar-refractivity contribution in [1.82, 2.24) is 9.13 Å². The van der Waals surface area contributed by atoms with Crippen LogP contribution in [0.2, 0.25) is 0 Å². The normalized spacial score (nSPS) is 12.1. The molecule has 2 aromatic heterocycles. The number of hydrogen-bond donors (Lipinski definition) is 0. The highest BCUT2D eigenvalue weighted by Gasteiger charge is 2.36. The van der Waals surface area contributed by atoms with Gasteiger partial charge in [-0.15, -0.1) is 0 Å². The highest BCUT2D eigenvalue weighted by molar-refractivity contribution is 6.78. The first-order valence-electron chi connectivity index (χ1n) is 10.0. The number of alkyl halides is 6. The van der Waals surface area contributed by atoms with Crippen molar-refractivity contribution in [3.63, 3.8) is 0 Å². The van der Waals surface area contributed by atoms with Crippen LogP contribution in [0.5, 0.6) is 0 Å². The van der Waals surface area contributed by atoms with Crippen molar-refractivity contribution < 1.29 is 19.4 Å². The molecular weight excluding hydrogens is 593 g/mol. The summed E-state index contributed by atoms with van der Waals surface area (Å²) in [5.41, 5.74) is -0.721. The van der Waals surface area contributed by atoms with Gasteiger partial charge in [-0.05, 0) is 12.8 Å². The zero-order valence-corrected chi connectivity index (χ0v) is 22.3. The second-order valence-electron chi connectivity index (χ2n) is 7.49. The van der Waals surface area contributed by atoms with Crippen LogP contribution in [-0.4, -0.2) is 38.1 Å². The number of nitro groups is 2. The predicted octanol–water partition coefficient (Wildman–Crippen LogP) is 6.86. The Balaban J connectivity index is 1.91. The first-order chi connectivity index (χ1) is 16.1. The molecule has 10 nitrogen and oxygen atoms in total. The van der Waals surface area contributed by atoms with Gasteiger partial charge >= 0.3 is 0 Å². The molecule has 0 N–H and O–H groups in total. The summed E-state index contributed by atoms with van der Waals surface area (Å²) in [6.45, 7) is 0.586. The van der Waals surface area contributed by atoms with Gasteiger partial charge in [0.2, 0.25) is 11.6 Å². The van der Waals surface area contributed by atoms with E-state index in [9.17, 15) is 29.8 Å². The highest BCUT2D eigenvalue weighted by Crippen LogP contribution is 2.33. The van der Waals surface area contributed by atoms with Crippen LogP contribution in [0.1, 0.15) is 53.1 Å². The molecule has 0 radical (unpaired) electrons. The molecule has 0 saturated carbocycles. The molecule has 0 saturated heterocycles. The van der Waals surface area contributed by atoms with Crippen molar-refractivity contribution in [2.24, 2.45) is 0 Å². The lowest BCUT2D eigenvalue weighted by molar-refractivity contribution is -0.385. The van der Waals surface area contributed by atoms with Crippen LogP contribution in [0, 0.1) is 20.2 Å². The smallest absolute Gasteiger partial charge is 0.287 e. The summed E-state index contributed by atoms with van der Waals surface area (Å²) in [6.07, 6.45) is 5.75. The summed E-state index contributed by atoms with van der Waals surface area (Å²) in [5, 5.41) is 22.1. The summed E-state index contributed by atoms with van der Waals surface area (Å²) in [4.78, 5) is 45.4. The van der Waals surface area contributed by atoms with E-state index in [1.54, 1.807) is 0 Å². The molecule has 0 aliphatic rings. The third-order valence-electron chi connectivity index (χ3n) is 4.96. The van der Waals surface area contributed by atoms with Gasteiger partial charge in [0.05, 0.1) is 33.6 Å². The SMILES string of the molecule is O=C(c1cc([N+](=O)[O-])cn1CCCCCCCn1cc([N+](=O)[O-])cc1C(=O)C(Cl)(Cl)Cl)C(Cl)(Cl)Cl. The fraction of sp³-hybridized carbons (Fsp3) is 0.474. The minimum Gasteiger partial charge on any atom is -0.339 e.